The fourth-order valence-electron chi connectivity index (χ4n) is 1.55. The molecular formula is C13H15BrO5. The zero-order valence-corrected chi connectivity index (χ0v) is 12.0. The quantitative estimate of drug-likeness (QED) is 0.780. The van der Waals surface area contributed by atoms with E-state index < -0.39 is 12.1 Å². The van der Waals surface area contributed by atoms with Crippen molar-refractivity contribution in [3.8, 4) is 0 Å². The summed E-state index contributed by atoms with van der Waals surface area (Å²) in [4.78, 5) is 21.9. The van der Waals surface area contributed by atoms with Crippen LogP contribution in [-0.4, -0.2) is 28.8 Å². The SMILES string of the molecule is CCOC(=O)CCc1ccc(C(O)C(=O)O)cc1Br. The number of hydrogen-bond donors (Lipinski definition) is 2. The Kier molecular flexibility index (Phi) is 5.98. The highest BCUT2D eigenvalue weighted by Gasteiger charge is 2.17. The van der Waals surface area contributed by atoms with Crippen LogP contribution in [0.3, 0.4) is 0 Å². The molecule has 1 rings (SSSR count). The molecule has 5 nitrogen and oxygen atoms in total. The molecule has 0 saturated carbocycles. The van der Waals surface area contributed by atoms with Crippen LogP contribution in [0.5, 0.6) is 0 Å². The molecule has 1 aromatic rings. The number of hydrogen-bond acceptors (Lipinski definition) is 4. The minimum atomic E-state index is -1.55. The van der Waals surface area contributed by atoms with E-state index in [4.69, 9.17) is 9.84 Å². The lowest BCUT2D eigenvalue weighted by molar-refractivity contribution is -0.147. The Morgan fingerprint density at radius 1 is 1.42 bits per heavy atom. The molecule has 0 aliphatic rings. The number of carboxylic acids is 1. The van der Waals surface area contributed by atoms with Gasteiger partial charge in [0.1, 0.15) is 0 Å². The van der Waals surface area contributed by atoms with Gasteiger partial charge in [-0.15, -0.1) is 0 Å². The number of benzene rings is 1. The maximum Gasteiger partial charge on any atom is 0.337 e. The van der Waals surface area contributed by atoms with E-state index in [0.717, 1.165) is 5.56 Å². The number of carboxylic acid groups (broad SMARTS) is 1. The van der Waals surface area contributed by atoms with Crippen molar-refractivity contribution < 1.29 is 24.5 Å². The van der Waals surface area contributed by atoms with Crippen LogP contribution in [0, 0.1) is 0 Å². The third kappa shape index (κ3) is 4.65. The number of halogens is 1. The Bertz CT molecular complexity index is 472. The normalized spacial score (nSPS) is 11.9. The molecule has 0 fully saturated rings. The van der Waals surface area contributed by atoms with Crippen LogP contribution >= 0.6 is 15.9 Å². The number of aliphatic hydroxyl groups is 1. The molecule has 0 heterocycles. The number of rotatable bonds is 6. The van der Waals surface area contributed by atoms with Gasteiger partial charge in [0.05, 0.1) is 6.61 Å². The van der Waals surface area contributed by atoms with Gasteiger partial charge in [0.15, 0.2) is 6.10 Å². The summed E-state index contributed by atoms with van der Waals surface area (Å²) in [5, 5.41) is 18.1. The molecule has 1 aromatic carbocycles. The number of aliphatic hydroxyl groups excluding tert-OH is 1. The highest BCUT2D eigenvalue weighted by molar-refractivity contribution is 9.10. The van der Waals surface area contributed by atoms with E-state index in [9.17, 15) is 14.7 Å². The number of carbonyl (C=O) groups is 2. The van der Waals surface area contributed by atoms with Gasteiger partial charge in [0.25, 0.3) is 0 Å². The third-order valence-corrected chi connectivity index (χ3v) is 3.27. The largest absolute Gasteiger partial charge is 0.479 e. The average Bonchev–Trinajstić information content (AvgIpc) is 2.36. The molecule has 0 aliphatic carbocycles. The Hall–Kier alpha value is -1.40. The molecule has 104 valence electrons. The van der Waals surface area contributed by atoms with E-state index in [-0.39, 0.29) is 12.4 Å². The lowest BCUT2D eigenvalue weighted by Gasteiger charge is -2.09. The summed E-state index contributed by atoms with van der Waals surface area (Å²) in [5.41, 5.74) is 1.15. The summed E-state index contributed by atoms with van der Waals surface area (Å²) in [5.74, 6) is -1.57. The van der Waals surface area contributed by atoms with Crippen LogP contribution in [0.4, 0.5) is 0 Å². The second kappa shape index (κ2) is 7.25. The topological polar surface area (TPSA) is 83.8 Å². The lowest BCUT2D eigenvalue weighted by atomic mass is 10.0. The highest BCUT2D eigenvalue weighted by atomic mass is 79.9. The standard InChI is InChI=1S/C13H15BrO5/c1-2-19-11(15)6-5-8-3-4-9(7-10(8)14)12(16)13(17)18/h3-4,7,12,16H,2,5-6H2,1H3,(H,17,18). The number of carbonyl (C=O) groups excluding carboxylic acids is 1. The van der Waals surface area contributed by atoms with E-state index >= 15 is 0 Å². The first-order valence-electron chi connectivity index (χ1n) is 5.80. The zero-order valence-electron chi connectivity index (χ0n) is 10.4. The smallest absolute Gasteiger partial charge is 0.337 e. The lowest BCUT2D eigenvalue weighted by Crippen LogP contribution is -2.10. The van der Waals surface area contributed by atoms with Gasteiger partial charge in [-0.25, -0.2) is 4.79 Å². The van der Waals surface area contributed by atoms with Crippen molar-refractivity contribution >= 4 is 27.9 Å². The molecule has 6 heteroatoms. The predicted molar refractivity (Wildman–Crippen MR) is 71.7 cm³/mol. The molecule has 1 atom stereocenters. The van der Waals surface area contributed by atoms with Crippen LogP contribution in [0.25, 0.3) is 0 Å². The van der Waals surface area contributed by atoms with Gasteiger partial charge >= 0.3 is 11.9 Å². The van der Waals surface area contributed by atoms with E-state index in [0.29, 0.717) is 23.1 Å². The number of aryl methyl sites for hydroxylation is 1. The summed E-state index contributed by atoms with van der Waals surface area (Å²) in [6, 6.07) is 4.76. The van der Waals surface area contributed by atoms with E-state index in [1.807, 2.05) is 0 Å². The van der Waals surface area contributed by atoms with Crippen LogP contribution < -0.4 is 0 Å². The van der Waals surface area contributed by atoms with Crippen LogP contribution in [0.1, 0.15) is 30.6 Å². The van der Waals surface area contributed by atoms with Gasteiger partial charge in [-0.3, -0.25) is 4.79 Å². The summed E-state index contributed by atoms with van der Waals surface area (Å²) >= 11 is 3.30. The Morgan fingerprint density at radius 2 is 2.11 bits per heavy atom. The molecule has 0 amide bonds. The van der Waals surface area contributed by atoms with E-state index in [1.54, 1.807) is 19.1 Å². The van der Waals surface area contributed by atoms with Crippen molar-refractivity contribution in [1.82, 2.24) is 0 Å². The first kappa shape index (κ1) is 15.7. The number of aliphatic carboxylic acids is 1. The molecule has 0 bridgehead atoms. The van der Waals surface area contributed by atoms with Gasteiger partial charge in [0, 0.05) is 10.9 Å². The van der Waals surface area contributed by atoms with Gasteiger partial charge in [-0.2, -0.15) is 0 Å². The minimum Gasteiger partial charge on any atom is -0.479 e. The molecule has 0 aliphatic heterocycles. The van der Waals surface area contributed by atoms with Gasteiger partial charge in [0.2, 0.25) is 0 Å². The molecule has 0 radical (unpaired) electrons. The van der Waals surface area contributed by atoms with E-state index in [1.165, 1.54) is 6.07 Å². The maximum atomic E-state index is 11.2. The highest BCUT2D eigenvalue weighted by Crippen LogP contribution is 2.24. The summed E-state index contributed by atoms with van der Waals surface area (Å²) < 4.78 is 5.49. The Balaban J connectivity index is 2.72. The molecular weight excluding hydrogens is 316 g/mol. The average molecular weight is 331 g/mol. The second-order valence-corrected chi connectivity index (χ2v) is 4.75. The first-order chi connectivity index (χ1) is 8.95. The Labute approximate surface area is 119 Å². The molecule has 2 N–H and O–H groups in total. The number of ether oxygens (including phenoxy) is 1. The van der Waals surface area contributed by atoms with Crippen molar-refractivity contribution in [2.45, 2.75) is 25.9 Å². The van der Waals surface area contributed by atoms with Crippen molar-refractivity contribution in [3.63, 3.8) is 0 Å². The summed E-state index contributed by atoms with van der Waals surface area (Å²) in [7, 11) is 0. The molecule has 19 heavy (non-hydrogen) atoms. The van der Waals surface area contributed by atoms with Crippen molar-refractivity contribution in [2.24, 2.45) is 0 Å². The minimum absolute atomic E-state index is 0.257. The van der Waals surface area contributed by atoms with Crippen LogP contribution in [0.15, 0.2) is 22.7 Å². The van der Waals surface area contributed by atoms with Crippen LogP contribution in [-0.2, 0) is 20.7 Å². The summed E-state index contributed by atoms with van der Waals surface area (Å²) in [6.45, 7) is 2.10. The molecule has 0 spiro atoms. The van der Waals surface area contributed by atoms with Gasteiger partial charge in [-0.05, 0) is 30.5 Å². The first-order valence-corrected chi connectivity index (χ1v) is 6.59. The Morgan fingerprint density at radius 3 is 2.63 bits per heavy atom. The molecule has 0 saturated heterocycles. The van der Waals surface area contributed by atoms with Gasteiger partial charge in [-0.1, -0.05) is 28.1 Å². The van der Waals surface area contributed by atoms with Crippen molar-refractivity contribution in [1.29, 1.82) is 0 Å². The monoisotopic (exact) mass is 330 g/mol. The summed E-state index contributed by atoms with van der Waals surface area (Å²) in [6.07, 6.45) is -0.800. The van der Waals surface area contributed by atoms with Crippen molar-refractivity contribution in [3.05, 3.63) is 33.8 Å². The maximum absolute atomic E-state index is 11.2. The molecule has 1 unspecified atom stereocenters. The van der Waals surface area contributed by atoms with E-state index in [2.05, 4.69) is 15.9 Å². The third-order valence-electron chi connectivity index (χ3n) is 2.53. The van der Waals surface area contributed by atoms with Crippen LogP contribution in [0.2, 0.25) is 0 Å². The molecule has 0 aromatic heterocycles. The predicted octanol–water partition coefficient (Wildman–Crippen LogP) is 2.06. The zero-order chi connectivity index (χ0) is 14.4. The second-order valence-electron chi connectivity index (χ2n) is 3.90. The van der Waals surface area contributed by atoms with Crippen molar-refractivity contribution in [2.75, 3.05) is 6.61 Å². The fourth-order valence-corrected chi connectivity index (χ4v) is 2.14. The number of esters is 1. The fraction of sp³-hybridized carbons (Fsp3) is 0.385. The van der Waals surface area contributed by atoms with Gasteiger partial charge < -0.3 is 14.9 Å².